The summed E-state index contributed by atoms with van der Waals surface area (Å²) in [4.78, 5) is 42.5. The van der Waals surface area contributed by atoms with Crippen LogP contribution in [0.4, 0.5) is 0 Å². The summed E-state index contributed by atoms with van der Waals surface area (Å²) < 4.78 is 4.01. The molecule has 1 atom stereocenters. The topological polar surface area (TPSA) is 138 Å². The minimum absolute atomic E-state index is 0. The predicted octanol–water partition coefficient (Wildman–Crippen LogP) is -9.73. The average molecular weight is 270 g/mol. The van der Waals surface area contributed by atoms with E-state index in [1.807, 2.05) is 0 Å². The van der Waals surface area contributed by atoms with Crippen LogP contribution in [0.5, 0.6) is 0 Å². The zero-order valence-electron chi connectivity index (χ0n) is 14.6. The molecule has 8 nitrogen and oxygen atoms in total. The summed E-state index contributed by atoms with van der Waals surface area (Å²) in [5, 5.41) is 26.4. The number of esters is 2. The van der Waals surface area contributed by atoms with Gasteiger partial charge in [-0.2, -0.15) is 0 Å². The molecule has 0 aliphatic rings. The van der Waals surface area contributed by atoms with Gasteiger partial charge in [0, 0.05) is 6.08 Å². The van der Waals surface area contributed by atoms with Gasteiger partial charge in [-0.1, -0.05) is 6.58 Å². The molecule has 1 unspecified atom stereocenters. The third-order valence-corrected chi connectivity index (χ3v) is 1.66. The monoisotopic (exact) mass is 270 g/mol. The Labute approximate surface area is 154 Å². The molecule has 0 heterocycles. The van der Waals surface area contributed by atoms with E-state index >= 15 is 0 Å². The standard InChI is InChI=1S/C9H10O8.3Li.3H/c1-2-6(12)17-7(13)4-9(16,8(14)15)3-5(10)11;;;;;;/h2,16H,1,3-4H2,(H,10,11)(H,14,15);;;;;;/q;3*+1;3*-1. The van der Waals surface area contributed by atoms with Gasteiger partial charge in [0.2, 0.25) is 0 Å². The Hall–Kier alpha value is -0.428. The molecule has 3 N–H and O–H groups in total. The number of ether oxygens (including phenoxy) is 1. The maximum absolute atomic E-state index is 11.0. The van der Waals surface area contributed by atoms with Crippen LogP contribution in [-0.2, 0) is 23.9 Å². The molecule has 0 saturated carbocycles. The molecule has 0 saturated heterocycles. The first-order chi connectivity index (χ1) is 7.71. The second-order valence-electron chi connectivity index (χ2n) is 3.08. The fraction of sp³-hybridized carbons (Fsp3) is 0.333. The van der Waals surface area contributed by atoms with Crippen molar-refractivity contribution >= 4 is 23.9 Å². The quantitative estimate of drug-likeness (QED) is 0.187. The number of aliphatic carboxylic acids is 2. The third-order valence-electron chi connectivity index (χ3n) is 1.66. The molecule has 20 heavy (non-hydrogen) atoms. The number of carbonyl (C=O) groups excluding carboxylic acids is 2. The SMILES string of the molecule is C=CC(=O)OC(=O)CC(O)(CC(=O)O)C(=O)O.[H-].[H-].[H-].[Li+].[Li+].[Li+]. The molecule has 0 spiro atoms. The summed E-state index contributed by atoms with van der Waals surface area (Å²) in [6.45, 7) is 2.99. The zero-order chi connectivity index (χ0) is 13.6. The van der Waals surface area contributed by atoms with Crippen LogP contribution in [0.1, 0.15) is 17.1 Å². The number of aliphatic hydroxyl groups is 1. The summed E-state index contributed by atoms with van der Waals surface area (Å²) in [7, 11) is 0. The Kier molecular flexibility index (Phi) is 17.2. The van der Waals surface area contributed by atoms with Gasteiger partial charge in [-0.3, -0.25) is 9.59 Å². The van der Waals surface area contributed by atoms with E-state index in [4.69, 9.17) is 10.2 Å². The van der Waals surface area contributed by atoms with Crippen molar-refractivity contribution in [1.29, 1.82) is 0 Å². The molecule has 0 radical (unpaired) electrons. The van der Waals surface area contributed by atoms with Crippen molar-refractivity contribution in [3.63, 3.8) is 0 Å². The Morgan fingerprint density at radius 2 is 1.55 bits per heavy atom. The van der Waals surface area contributed by atoms with Crippen molar-refractivity contribution in [3.8, 4) is 0 Å². The van der Waals surface area contributed by atoms with Crippen molar-refractivity contribution in [2.24, 2.45) is 0 Å². The van der Waals surface area contributed by atoms with Crippen molar-refractivity contribution < 1.29 is 100 Å². The first-order valence-corrected chi connectivity index (χ1v) is 4.26. The van der Waals surface area contributed by atoms with E-state index in [0.717, 1.165) is 0 Å². The van der Waals surface area contributed by atoms with Gasteiger partial charge >= 0.3 is 80.5 Å². The summed E-state index contributed by atoms with van der Waals surface area (Å²) in [5.41, 5.74) is -2.82. The van der Waals surface area contributed by atoms with Gasteiger partial charge in [0.1, 0.15) is 0 Å². The van der Waals surface area contributed by atoms with Crippen LogP contribution < -0.4 is 56.6 Å². The Bertz CT molecular complexity index is 396. The zero-order valence-corrected chi connectivity index (χ0v) is 11.6. The second-order valence-corrected chi connectivity index (χ2v) is 3.08. The second kappa shape index (κ2) is 12.3. The first kappa shape index (κ1) is 27.8. The van der Waals surface area contributed by atoms with Crippen molar-refractivity contribution in [2.75, 3.05) is 0 Å². The van der Waals surface area contributed by atoms with E-state index in [2.05, 4.69) is 11.3 Å². The van der Waals surface area contributed by atoms with Gasteiger partial charge < -0.3 is 24.3 Å². The van der Waals surface area contributed by atoms with Gasteiger partial charge in [0.05, 0.1) is 12.8 Å². The molecule has 11 heteroatoms. The molecule has 0 aromatic rings. The molecule has 0 bridgehead atoms. The van der Waals surface area contributed by atoms with Crippen molar-refractivity contribution in [1.82, 2.24) is 0 Å². The summed E-state index contributed by atoms with van der Waals surface area (Å²) in [5.74, 6) is -6.00. The van der Waals surface area contributed by atoms with Crippen LogP contribution in [0.3, 0.4) is 0 Å². The van der Waals surface area contributed by atoms with Gasteiger partial charge in [-0.25, -0.2) is 9.59 Å². The molecule has 0 aromatic carbocycles. The molecule has 0 aromatic heterocycles. The fourth-order valence-electron chi connectivity index (χ4n) is 0.893. The molecule has 0 aliphatic carbocycles. The van der Waals surface area contributed by atoms with Crippen molar-refractivity contribution in [3.05, 3.63) is 12.7 Å². The number of hydrogen-bond acceptors (Lipinski definition) is 6. The van der Waals surface area contributed by atoms with Crippen molar-refractivity contribution in [2.45, 2.75) is 18.4 Å². The van der Waals surface area contributed by atoms with E-state index in [1.165, 1.54) is 0 Å². The fourth-order valence-corrected chi connectivity index (χ4v) is 0.893. The van der Waals surface area contributed by atoms with Crippen LogP contribution in [0.15, 0.2) is 12.7 Å². The van der Waals surface area contributed by atoms with E-state index in [1.54, 1.807) is 0 Å². The molecule has 0 fully saturated rings. The smallest absolute Gasteiger partial charge is 1.00 e. The van der Waals surface area contributed by atoms with E-state index in [-0.39, 0.29) is 60.9 Å². The largest absolute Gasteiger partial charge is 1.00 e. The van der Waals surface area contributed by atoms with E-state index in [0.29, 0.717) is 6.08 Å². The maximum Gasteiger partial charge on any atom is 1.00 e. The normalized spacial score (nSPS) is 11.2. The molecule has 0 aliphatic heterocycles. The van der Waals surface area contributed by atoms with Crippen LogP contribution in [-0.4, -0.2) is 44.8 Å². The van der Waals surface area contributed by atoms with Crippen LogP contribution in [0, 0.1) is 0 Å². The van der Waals surface area contributed by atoms with Crippen LogP contribution >= 0.6 is 0 Å². The van der Waals surface area contributed by atoms with Gasteiger partial charge in [-0.05, 0) is 0 Å². The van der Waals surface area contributed by atoms with Gasteiger partial charge in [0.25, 0.3) is 0 Å². The van der Waals surface area contributed by atoms with Crippen LogP contribution in [0.25, 0.3) is 0 Å². The molecule has 0 amide bonds. The summed E-state index contributed by atoms with van der Waals surface area (Å²) in [6.07, 6.45) is -1.69. The Balaban J connectivity index is -0.0000000853. The first-order valence-electron chi connectivity index (χ1n) is 4.26. The number of rotatable bonds is 6. The number of hydrogen-bond donors (Lipinski definition) is 3. The number of carboxylic acids is 2. The van der Waals surface area contributed by atoms with E-state index < -0.39 is 42.3 Å². The van der Waals surface area contributed by atoms with Gasteiger partial charge in [0.15, 0.2) is 5.60 Å². The summed E-state index contributed by atoms with van der Waals surface area (Å²) in [6, 6.07) is 0. The molecule has 100 valence electrons. The molecular formula is C9H13Li3O8. The molecule has 0 rings (SSSR count). The average Bonchev–Trinajstić information content (AvgIpc) is 2.15. The summed E-state index contributed by atoms with van der Waals surface area (Å²) >= 11 is 0. The Morgan fingerprint density at radius 3 is 1.85 bits per heavy atom. The number of carbonyl (C=O) groups is 4. The Morgan fingerprint density at radius 1 is 1.10 bits per heavy atom. The predicted molar refractivity (Wildman–Crippen MR) is 54.1 cm³/mol. The minimum Gasteiger partial charge on any atom is -1.00 e. The third kappa shape index (κ3) is 10.4. The van der Waals surface area contributed by atoms with Gasteiger partial charge in [-0.15, -0.1) is 0 Å². The van der Waals surface area contributed by atoms with Crippen LogP contribution in [0.2, 0.25) is 0 Å². The molecular weight excluding hydrogens is 257 g/mol. The number of carboxylic acid groups (broad SMARTS) is 2. The minimum atomic E-state index is -2.82. The van der Waals surface area contributed by atoms with E-state index in [9.17, 15) is 24.3 Å². The maximum atomic E-state index is 11.0.